The van der Waals surface area contributed by atoms with E-state index in [-0.39, 0.29) is 23.8 Å². The predicted molar refractivity (Wildman–Crippen MR) is 109 cm³/mol. The van der Waals surface area contributed by atoms with Gasteiger partial charge in [0.25, 0.3) is 0 Å². The lowest BCUT2D eigenvalue weighted by Gasteiger charge is -2.31. The highest BCUT2D eigenvalue weighted by Gasteiger charge is 2.46. The molecule has 2 atom stereocenters. The van der Waals surface area contributed by atoms with E-state index in [0.717, 1.165) is 0 Å². The lowest BCUT2D eigenvalue weighted by Crippen LogP contribution is -2.38. The Morgan fingerprint density at radius 3 is 2.45 bits per heavy atom. The van der Waals surface area contributed by atoms with Gasteiger partial charge in [-0.05, 0) is 57.9 Å². The Bertz CT molecular complexity index is 875. The molecule has 1 aromatic rings. The van der Waals surface area contributed by atoms with Gasteiger partial charge in [0, 0.05) is 12.2 Å². The summed E-state index contributed by atoms with van der Waals surface area (Å²) in [5.41, 5.74) is 5.85. The number of likely N-dealkylation sites (tertiary alicyclic amines) is 1. The van der Waals surface area contributed by atoms with Gasteiger partial charge in [-0.25, -0.2) is 13.2 Å². The van der Waals surface area contributed by atoms with Crippen molar-refractivity contribution in [3.8, 4) is 0 Å². The zero-order chi connectivity index (χ0) is 22.0. The molecule has 0 radical (unpaired) electrons. The van der Waals surface area contributed by atoms with Gasteiger partial charge < -0.3 is 20.1 Å². The van der Waals surface area contributed by atoms with E-state index in [2.05, 4.69) is 0 Å². The third-order valence-electron chi connectivity index (χ3n) is 4.68. The van der Waals surface area contributed by atoms with Crippen LogP contribution in [-0.4, -0.2) is 49.9 Å². The van der Waals surface area contributed by atoms with E-state index in [1.165, 1.54) is 23.1 Å². The number of carbonyl (C=O) groups excluding carboxylic acids is 2. The lowest BCUT2D eigenvalue weighted by atomic mass is 9.93. The average molecular weight is 427 g/mol. The summed E-state index contributed by atoms with van der Waals surface area (Å²) in [6, 6.07) is 3.60. The standard InChI is InChI=1S/C20H30N2O6S/c1-6-27-18(23)14-10-11-22(19(24)28-20(3,4)5)17(14)15-12-13(21)8-9-16(15)29(25,26)7-2/h8-9,12,14,17H,6-7,10-11,21H2,1-5H3/t14-,17+/m1/s1. The number of anilines is 1. The van der Waals surface area contributed by atoms with E-state index in [9.17, 15) is 18.0 Å². The zero-order valence-corrected chi connectivity index (χ0v) is 18.4. The molecule has 0 unspecified atom stereocenters. The van der Waals surface area contributed by atoms with Gasteiger partial charge in [-0.2, -0.15) is 0 Å². The Morgan fingerprint density at radius 2 is 1.90 bits per heavy atom. The normalized spacial score (nSPS) is 19.8. The van der Waals surface area contributed by atoms with Crippen molar-refractivity contribution in [2.45, 2.75) is 57.6 Å². The fraction of sp³-hybridized carbons (Fsp3) is 0.600. The van der Waals surface area contributed by atoms with Crippen LogP contribution < -0.4 is 5.73 Å². The molecule has 0 aromatic heterocycles. The summed E-state index contributed by atoms with van der Waals surface area (Å²) in [6.07, 6.45) is -0.278. The number of amides is 1. The molecule has 0 saturated carbocycles. The van der Waals surface area contributed by atoms with Crippen molar-refractivity contribution < 1.29 is 27.5 Å². The first-order chi connectivity index (χ1) is 13.4. The van der Waals surface area contributed by atoms with E-state index in [1.54, 1.807) is 34.6 Å². The first kappa shape index (κ1) is 23.0. The number of benzene rings is 1. The number of ether oxygens (including phenoxy) is 2. The van der Waals surface area contributed by atoms with Crippen LogP contribution in [0.1, 0.15) is 52.6 Å². The number of nitrogens with zero attached hydrogens (tertiary/aromatic N) is 1. The summed E-state index contributed by atoms with van der Waals surface area (Å²) in [7, 11) is -3.62. The molecule has 1 aliphatic rings. The quantitative estimate of drug-likeness (QED) is 0.568. The van der Waals surface area contributed by atoms with Gasteiger partial charge in [-0.15, -0.1) is 0 Å². The van der Waals surface area contributed by atoms with Gasteiger partial charge in [0.2, 0.25) is 0 Å². The summed E-state index contributed by atoms with van der Waals surface area (Å²) in [5, 5.41) is 0. The summed E-state index contributed by atoms with van der Waals surface area (Å²) < 4.78 is 36.1. The maximum atomic E-state index is 12.9. The molecule has 9 heteroatoms. The third-order valence-corrected chi connectivity index (χ3v) is 6.48. The van der Waals surface area contributed by atoms with Gasteiger partial charge in [0.05, 0.1) is 29.2 Å². The van der Waals surface area contributed by atoms with Crippen LogP contribution in [0.15, 0.2) is 23.1 Å². The Kier molecular flexibility index (Phi) is 6.82. The molecule has 0 spiro atoms. The minimum absolute atomic E-state index is 0.0592. The number of sulfone groups is 1. The molecule has 8 nitrogen and oxygen atoms in total. The van der Waals surface area contributed by atoms with Crippen LogP contribution in [-0.2, 0) is 24.1 Å². The maximum Gasteiger partial charge on any atom is 0.410 e. The molecule has 1 fully saturated rings. The van der Waals surface area contributed by atoms with Crippen molar-refractivity contribution >= 4 is 27.6 Å². The molecule has 0 aliphatic carbocycles. The Morgan fingerprint density at radius 1 is 1.24 bits per heavy atom. The molecule has 1 aromatic carbocycles. The fourth-order valence-corrected chi connectivity index (χ4v) is 4.56. The van der Waals surface area contributed by atoms with Crippen molar-refractivity contribution in [3.05, 3.63) is 23.8 Å². The highest BCUT2D eigenvalue weighted by molar-refractivity contribution is 7.91. The van der Waals surface area contributed by atoms with Gasteiger partial charge in [-0.3, -0.25) is 4.79 Å². The maximum absolute atomic E-state index is 12.9. The molecule has 162 valence electrons. The van der Waals surface area contributed by atoms with Crippen LogP contribution >= 0.6 is 0 Å². The van der Waals surface area contributed by atoms with Gasteiger partial charge in [0.15, 0.2) is 9.84 Å². The highest BCUT2D eigenvalue weighted by atomic mass is 32.2. The number of nitrogen functional groups attached to an aromatic ring is 1. The number of esters is 1. The first-order valence-corrected chi connectivity index (χ1v) is 11.3. The minimum atomic E-state index is -3.62. The molecule has 2 N–H and O–H groups in total. The monoisotopic (exact) mass is 426 g/mol. The topological polar surface area (TPSA) is 116 Å². The van der Waals surface area contributed by atoms with E-state index in [1.807, 2.05) is 0 Å². The largest absolute Gasteiger partial charge is 0.466 e. The molecule has 2 rings (SSSR count). The number of nitrogens with two attached hydrogens (primary N) is 1. The predicted octanol–water partition coefficient (Wildman–Crippen LogP) is 2.92. The number of hydrogen-bond acceptors (Lipinski definition) is 7. The second-order valence-electron chi connectivity index (χ2n) is 7.97. The minimum Gasteiger partial charge on any atom is -0.466 e. The van der Waals surface area contributed by atoms with Crippen LogP contribution in [0.5, 0.6) is 0 Å². The molecule has 1 amide bonds. The van der Waals surface area contributed by atoms with E-state index >= 15 is 0 Å². The summed E-state index contributed by atoms with van der Waals surface area (Å²) in [6.45, 7) is 8.89. The van der Waals surface area contributed by atoms with Gasteiger partial charge >= 0.3 is 12.1 Å². The van der Waals surface area contributed by atoms with Crippen molar-refractivity contribution in [1.82, 2.24) is 4.90 Å². The molecule has 1 heterocycles. The Hall–Kier alpha value is -2.29. The molecule has 29 heavy (non-hydrogen) atoms. The number of rotatable bonds is 5. The van der Waals surface area contributed by atoms with Crippen molar-refractivity contribution in [3.63, 3.8) is 0 Å². The second-order valence-corrected chi connectivity index (χ2v) is 10.2. The van der Waals surface area contributed by atoms with Crippen molar-refractivity contribution in [1.29, 1.82) is 0 Å². The zero-order valence-electron chi connectivity index (χ0n) is 17.6. The van der Waals surface area contributed by atoms with Crippen LogP contribution in [0.4, 0.5) is 10.5 Å². The van der Waals surface area contributed by atoms with E-state index in [4.69, 9.17) is 15.2 Å². The molecular formula is C20H30N2O6S. The van der Waals surface area contributed by atoms with Crippen LogP contribution in [0, 0.1) is 5.92 Å². The van der Waals surface area contributed by atoms with Gasteiger partial charge in [0.1, 0.15) is 5.60 Å². The first-order valence-electron chi connectivity index (χ1n) is 9.69. The third kappa shape index (κ3) is 5.20. The average Bonchev–Trinajstić information content (AvgIpc) is 3.05. The summed E-state index contributed by atoms with van der Waals surface area (Å²) in [5.74, 6) is -1.31. The Labute approximate surface area is 172 Å². The summed E-state index contributed by atoms with van der Waals surface area (Å²) >= 11 is 0. The number of carbonyl (C=O) groups is 2. The molecule has 0 bridgehead atoms. The van der Waals surface area contributed by atoms with Crippen LogP contribution in [0.2, 0.25) is 0 Å². The van der Waals surface area contributed by atoms with Crippen LogP contribution in [0.25, 0.3) is 0 Å². The number of hydrogen-bond donors (Lipinski definition) is 1. The SMILES string of the molecule is CCOC(=O)[C@@H]1CCN(C(=O)OC(C)(C)C)[C@@H]1c1cc(N)ccc1S(=O)(=O)CC. The van der Waals surface area contributed by atoms with E-state index in [0.29, 0.717) is 17.7 Å². The highest BCUT2D eigenvalue weighted by Crippen LogP contribution is 2.42. The van der Waals surface area contributed by atoms with Crippen molar-refractivity contribution in [2.75, 3.05) is 24.6 Å². The lowest BCUT2D eigenvalue weighted by molar-refractivity contribution is -0.148. The van der Waals surface area contributed by atoms with E-state index < -0.39 is 39.5 Å². The molecule has 1 aliphatic heterocycles. The fourth-order valence-electron chi connectivity index (χ4n) is 3.44. The molecular weight excluding hydrogens is 396 g/mol. The van der Waals surface area contributed by atoms with Crippen molar-refractivity contribution in [2.24, 2.45) is 5.92 Å². The van der Waals surface area contributed by atoms with Crippen LogP contribution in [0.3, 0.4) is 0 Å². The second kappa shape index (κ2) is 8.61. The molecule has 1 saturated heterocycles. The Balaban J connectivity index is 2.61. The smallest absolute Gasteiger partial charge is 0.410 e. The summed E-state index contributed by atoms with van der Waals surface area (Å²) in [4.78, 5) is 26.9. The van der Waals surface area contributed by atoms with Gasteiger partial charge in [-0.1, -0.05) is 6.92 Å².